The molecule has 7 heteroatoms. The zero-order chi connectivity index (χ0) is 22.1. The van der Waals surface area contributed by atoms with Crippen molar-refractivity contribution < 1.29 is 17.5 Å². The summed E-state index contributed by atoms with van der Waals surface area (Å²) >= 11 is 0. The SMILES string of the molecule is Cc1ccc2c(N3CCC(NC(=O)[C@@H]4CCCO4)CC3)nc(-c3ccccc3O)nc2c1.[HH].[HH]. The van der Waals surface area contributed by atoms with Gasteiger partial charge in [-0.05, 0) is 62.4 Å². The molecular formula is C25H32N4O3. The Bertz CT molecular complexity index is 1150. The van der Waals surface area contributed by atoms with Crippen molar-refractivity contribution in [1.82, 2.24) is 15.3 Å². The fraction of sp³-hybridized carbons (Fsp3) is 0.400. The number of piperidine rings is 1. The number of hydrogen-bond donors (Lipinski definition) is 2. The fourth-order valence-electron chi connectivity index (χ4n) is 4.56. The van der Waals surface area contributed by atoms with Crippen LogP contribution in [0.2, 0.25) is 0 Å². The molecule has 7 nitrogen and oxygen atoms in total. The first-order chi connectivity index (χ1) is 15.6. The standard InChI is InChI=1S/C25H28N4O3.2H2/c1-16-8-9-18-20(15-16)27-23(19-5-2-3-6-21(19)30)28-24(18)29-12-10-17(11-13-29)26-25(31)22-7-4-14-32-22;;/h2-3,5-6,8-9,15,17,22,30H,4,7,10-14H2,1H3,(H,26,31);2*1H/t22-;;/m0../s1. The van der Waals surface area contributed by atoms with E-state index >= 15 is 0 Å². The van der Waals surface area contributed by atoms with Gasteiger partial charge in [-0.1, -0.05) is 18.2 Å². The minimum absolute atomic E-state index is 0. The summed E-state index contributed by atoms with van der Waals surface area (Å²) in [7, 11) is 0. The molecule has 0 unspecified atom stereocenters. The number of hydrogen-bond acceptors (Lipinski definition) is 6. The predicted octanol–water partition coefficient (Wildman–Crippen LogP) is 4.07. The molecule has 2 aliphatic heterocycles. The van der Waals surface area contributed by atoms with Crippen molar-refractivity contribution >= 4 is 22.6 Å². The molecule has 1 atom stereocenters. The number of benzene rings is 2. The van der Waals surface area contributed by atoms with E-state index in [0.29, 0.717) is 18.0 Å². The van der Waals surface area contributed by atoms with Crippen LogP contribution in [0.1, 0.15) is 34.1 Å². The smallest absolute Gasteiger partial charge is 0.249 e. The number of rotatable bonds is 4. The van der Waals surface area contributed by atoms with Gasteiger partial charge in [0.25, 0.3) is 0 Å². The van der Waals surface area contributed by atoms with Crippen molar-refractivity contribution in [2.24, 2.45) is 0 Å². The fourth-order valence-corrected chi connectivity index (χ4v) is 4.56. The van der Waals surface area contributed by atoms with E-state index in [1.165, 1.54) is 0 Å². The lowest BCUT2D eigenvalue weighted by Crippen LogP contribution is -2.47. The average Bonchev–Trinajstić information content (AvgIpc) is 3.34. The minimum Gasteiger partial charge on any atom is -0.507 e. The number of para-hydroxylation sites is 1. The minimum atomic E-state index is -0.289. The topological polar surface area (TPSA) is 87.6 Å². The molecule has 3 aromatic rings. The number of carbonyl (C=O) groups is 1. The molecule has 1 aromatic heterocycles. The maximum absolute atomic E-state index is 12.4. The van der Waals surface area contributed by atoms with Crippen molar-refractivity contribution in [3.05, 3.63) is 48.0 Å². The second kappa shape index (κ2) is 8.74. The van der Waals surface area contributed by atoms with E-state index in [2.05, 4.69) is 28.4 Å². The van der Waals surface area contributed by atoms with Crippen molar-refractivity contribution in [2.45, 2.75) is 44.8 Å². The van der Waals surface area contributed by atoms with E-state index in [4.69, 9.17) is 14.7 Å². The van der Waals surface area contributed by atoms with E-state index in [0.717, 1.165) is 61.1 Å². The summed E-state index contributed by atoms with van der Waals surface area (Å²) in [4.78, 5) is 24.3. The molecule has 1 amide bonds. The molecule has 2 fully saturated rings. The summed E-state index contributed by atoms with van der Waals surface area (Å²) in [5, 5.41) is 14.5. The van der Waals surface area contributed by atoms with Crippen LogP contribution in [0.3, 0.4) is 0 Å². The highest BCUT2D eigenvalue weighted by atomic mass is 16.5. The Labute approximate surface area is 190 Å². The predicted molar refractivity (Wildman–Crippen MR) is 128 cm³/mol. The normalized spacial score (nSPS) is 19.4. The van der Waals surface area contributed by atoms with Gasteiger partial charge in [0.1, 0.15) is 17.7 Å². The Balaban J connectivity index is 0.00000162. The number of phenolic OH excluding ortho intramolecular Hbond substituents is 1. The van der Waals surface area contributed by atoms with Crippen LogP contribution in [-0.4, -0.2) is 52.8 Å². The molecule has 0 spiro atoms. The molecule has 0 aliphatic carbocycles. The first kappa shape index (κ1) is 20.7. The summed E-state index contributed by atoms with van der Waals surface area (Å²) in [5.74, 6) is 1.58. The van der Waals surface area contributed by atoms with Gasteiger partial charge >= 0.3 is 0 Å². The quantitative estimate of drug-likeness (QED) is 0.641. The van der Waals surface area contributed by atoms with Crippen LogP contribution in [0.15, 0.2) is 42.5 Å². The number of amides is 1. The number of anilines is 1. The maximum Gasteiger partial charge on any atom is 0.249 e. The Morgan fingerprint density at radius 1 is 1.16 bits per heavy atom. The highest BCUT2D eigenvalue weighted by molar-refractivity contribution is 5.92. The van der Waals surface area contributed by atoms with Crippen LogP contribution < -0.4 is 10.2 Å². The molecule has 32 heavy (non-hydrogen) atoms. The summed E-state index contributed by atoms with van der Waals surface area (Å²) in [6, 6.07) is 13.5. The molecule has 0 radical (unpaired) electrons. The molecule has 0 bridgehead atoms. The highest BCUT2D eigenvalue weighted by Gasteiger charge is 2.28. The molecule has 0 saturated carbocycles. The molecule has 2 aromatic carbocycles. The van der Waals surface area contributed by atoms with Gasteiger partial charge in [0.15, 0.2) is 5.82 Å². The third-order valence-electron chi connectivity index (χ3n) is 6.34. The van der Waals surface area contributed by atoms with E-state index < -0.39 is 0 Å². The van der Waals surface area contributed by atoms with Gasteiger partial charge in [-0.2, -0.15) is 0 Å². The van der Waals surface area contributed by atoms with E-state index in [-0.39, 0.29) is 26.7 Å². The molecule has 2 aliphatic rings. The van der Waals surface area contributed by atoms with Crippen molar-refractivity contribution in [1.29, 1.82) is 0 Å². The van der Waals surface area contributed by atoms with Gasteiger partial charge in [-0.25, -0.2) is 9.97 Å². The summed E-state index contributed by atoms with van der Waals surface area (Å²) in [5.41, 5.74) is 2.61. The Kier molecular flexibility index (Phi) is 5.66. The summed E-state index contributed by atoms with van der Waals surface area (Å²) in [6.45, 7) is 4.30. The zero-order valence-electron chi connectivity index (χ0n) is 18.3. The van der Waals surface area contributed by atoms with Gasteiger partial charge in [0, 0.05) is 34.0 Å². The van der Waals surface area contributed by atoms with Crippen LogP contribution in [0, 0.1) is 6.92 Å². The number of aryl methyl sites for hydroxylation is 1. The number of fused-ring (bicyclic) bond motifs is 1. The lowest BCUT2D eigenvalue weighted by molar-refractivity contribution is -0.130. The lowest BCUT2D eigenvalue weighted by Gasteiger charge is -2.34. The van der Waals surface area contributed by atoms with Crippen LogP contribution >= 0.6 is 0 Å². The van der Waals surface area contributed by atoms with Crippen molar-refractivity contribution in [3.8, 4) is 17.1 Å². The summed E-state index contributed by atoms with van der Waals surface area (Å²) in [6.07, 6.45) is 3.18. The highest BCUT2D eigenvalue weighted by Crippen LogP contribution is 2.33. The second-order valence-electron chi connectivity index (χ2n) is 8.68. The third-order valence-corrected chi connectivity index (χ3v) is 6.34. The van der Waals surface area contributed by atoms with Gasteiger partial charge in [0.2, 0.25) is 5.91 Å². The average molecular weight is 437 g/mol. The number of aromatic nitrogens is 2. The van der Waals surface area contributed by atoms with Crippen LogP contribution in [0.4, 0.5) is 5.82 Å². The maximum atomic E-state index is 12.4. The molecular weight excluding hydrogens is 404 g/mol. The van der Waals surface area contributed by atoms with E-state index in [1.807, 2.05) is 19.1 Å². The van der Waals surface area contributed by atoms with Gasteiger partial charge in [-0.3, -0.25) is 4.79 Å². The van der Waals surface area contributed by atoms with Crippen molar-refractivity contribution in [3.63, 3.8) is 0 Å². The number of nitrogens with zero attached hydrogens (tertiary/aromatic N) is 3. The Morgan fingerprint density at radius 2 is 1.97 bits per heavy atom. The number of nitrogens with one attached hydrogen (secondary N) is 1. The molecule has 2 N–H and O–H groups in total. The Hall–Kier alpha value is -3.19. The Morgan fingerprint density at radius 3 is 2.72 bits per heavy atom. The van der Waals surface area contributed by atoms with E-state index in [1.54, 1.807) is 12.1 Å². The molecule has 2 saturated heterocycles. The first-order valence-electron chi connectivity index (χ1n) is 11.3. The second-order valence-corrected chi connectivity index (χ2v) is 8.68. The van der Waals surface area contributed by atoms with Crippen LogP contribution in [0.25, 0.3) is 22.3 Å². The van der Waals surface area contributed by atoms with E-state index in [9.17, 15) is 9.90 Å². The third kappa shape index (κ3) is 4.12. The molecule has 3 heterocycles. The van der Waals surface area contributed by atoms with Gasteiger partial charge in [-0.15, -0.1) is 0 Å². The summed E-state index contributed by atoms with van der Waals surface area (Å²) < 4.78 is 5.51. The first-order valence-corrected chi connectivity index (χ1v) is 11.3. The molecule has 5 rings (SSSR count). The molecule has 170 valence electrons. The van der Waals surface area contributed by atoms with Gasteiger partial charge in [0.05, 0.1) is 11.1 Å². The number of phenols is 1. The number of carbonyl (C=O) groups excluding carboxylic acids is 1. The number of ether oxygens (including phenoxy) is 1. The largest absolute Gasteiger partial charge is 0.507 e. The van der Waals surface area contributed by atoms with Crippen LogP contribution in [0.5, 0.6) is 5.75 Å². The van der Waals surface area contributed by atoms with Crippen molar-refractivity contribution in [2.75, 3.05) is 24.6 Å². The van der Waals surface area contributed by atoms with Crippen LogP contribution in [-0.2, 0) is 9.53 Å². The monoisotopic (exact) mass is 436 g/mol. The lowest BCUT2D eigenvalue weighted by atomic mass is 10.0. The van der Waals surface area contributed by atoms with Gasteiger partial charge < -0.3 is 20.1 Å². The number of aromatic hydroxyl groups is 1. The zero-order valence-corrected chi connectivity index (χ0v) is 18.3.